The molecule has 0 radical (unpaired) electrons. The molecule has 0 unspecified atom stereocenters. The van der Waals surface area contributed by atoms with Crippen LogP contribution in [-0.2, 0) is 28.6 Å². The number of hydrogen-bond acceptors (Lipinski definition) is 6. The zero-order valence-corrected chi connectivity index (χ0v) is 19.4. The lowest BCUT2D eigenvalue weighted by Gasteiger charge is -2.11. The predicted octanol–water partition coefficient (Wildman–Crippen LogP) is 5.52. The third-order valence-corrected chi connectivity index (χ3v) is 5.69. The highest BCUT2D eigenvalue weighted by molar-refractivity contribution is 6.31. The average Bonchev–Trinajstić information content (AvgIpc) is 3.66. The van der Waals surface area contributed by atoms with Gasteiger partial charge in [0.2, 0.25) is 11.8 Å². The van der Waals surface area contributed by atoms with E-state index in [1.54, 1.807) is 6.07 Å². The molecule has 36 heavy (non-hydrogen) atoms. The van der Waals surface area contributed by atoms with Gasteiger partial charge in [-0.2, -0.15) is 18.4 Å². The number of aromatic nitrogens is 2. The standard InChI is InChI=1S/C25H18ClF3N4O3/c26-20-5-1-15(10-19(20)25(27,28)29)9-18(34)8-14-2-6-21(17(7-14)12-30)36-23-11-22(31-13-32-23)33-24(35)16-3-4-16/h1-2,5-7,10-11,13,16H,3-4,8-9H2,(H,31,32,33,35). The summed E-state index contributed by atoms with van der Waals surface area (Å²) in [5.74, 6) is 0.0955. The molecule has 1 aliphatic rings. The summed E-state index contributed by atoms with van der Waals surface area (Å²) in [5, 5.41) is 11.8. The van der Waals surface area contributed by atoms with Crippen molar-refractivity contribution in [1.82, 2.24) is 9.97 Å². The minimum Gasteiger partial charge on any atom is -0.437 e. The quantitative estimate of drug-likeness (QED) is 0.424. The summed E-state index contributed by atoms with van der Waals surface area (Å²) in [6, 6.07) is 11.3. The van der Waals surface area contributed by atoms with E-state index in [9.17, 15) is 28.0 Å². The Morgan fingerprint density at radius 3 is 2.44 bits per heavy atom. The Morgan fingerprint density at radius 1 is 1.08 bits per heavy atom. The normalized spacial score (nSPS) is 13.1. The Kier molecular flexibility index (Phi) is 7.22. The zero-order chi connectivity index (χ0) is 25.9. The molecule has 184 valence electrons. The molecule has 0 spiro atoms. The number of amides is 1. The molecule has 1 aliphatic carbocycles. The summed E-state index contributed by atoms with van der Waals surface area (Å²) in [7, 11) is 0. The SMILES string of the molecule is N#Cc1cc(CC(=O)Cc2ccc(Cl)c(C(F)(F)F)c2)ccc1Oc1cc(NC(=O)C2CC2)ncn1. The fraction of sp³-hybridized carbons (Fsp3) is 0.240. The molecule has 4 rings (SSSR count). The van der Waals surface area contributed by atoms with E-state index in [0.29, 0.717) is 5.56 Å². The van der Waals surface area contributed by atoms with Gasteiger partial charge in [-0.15, -0.1) is 0 Å². The van der Waals surface area contributed by atoms with Gasteiger partial charge >= 0.3 is 6.18 Å². The monoisotopic (exact) mass is 514 g/mol. The first kappa shape index (κ1) is 25.1. The molecular formula is C25H18ClF3N4O3. The Morgan fingerprint density at radius 2 is 1.78 bits per heavy atom. The van der Waals surface area contributed by atoms with Crippen molar-refractivity contribution in [3.63, 3.8) is 0 Å². The molecule has 0 atom stereocenters. The first-order valence-electron chi connectivity index (χ1n) is 10.8. The second-order valence-electron chi connectivity index (χ2n) is 8.25. The highest BCUT2D eigenvalue weighted by Crippen LogP contribution is 2.35. The van der Waals surface area contributed by atoms with Crippen molar-refractivity contribution in [2.24, 2.45) is 5.92 Å². The molecule has 1 fully saturated rings. The van der Waals surface area contributed by atoms with Gasteiger partial charge in [-0.1, -0.05) is 23.7 Å². The number of ether oxygens (including phenoxy) is 1. The summed E-state index contributed by atoms with van der Waals surface area (Å²) in [6.45, 7) is 0. The van der Waals surface area contributed by atoms with Crippen molar-refractivity contribution in [3.05, 3.63) is 76.1 Å². The number of rotatable bonds is 8. The smallest absolute Gasteiger partial charge is 0.417 e. The minimum absolute atomic E-state index is 0.00355. The van der Waals surface area contributed by atoms with Crippen molar-refractivity contribution in [3.8, 4) is 17.7 Å². The van der Waals surface area contributed by atoms with Crippen molar-refractivity contribution >= 4 is 29.1 Å². The van der Waals surface area contributed by atoms with E-state index in [-0.39, 0.29) is 59.0 Å². The molecule has 1 saturated carbocycles. The van der Waals surface area contributed by atoms with E-state index in [0.717, 1.165) is 25.0 Å². The zero-order valence-electron chi connectivity index (χ0n) is 18.6. The van der Waals surface area contributed by atoms with Crippen LogP contribution in [0.25, 0.3) is 0 Å². The number of carbonyl (C=O) groups excluding carboxylic acids is 2. The van der Waals surface area contributed by atoms with Crippen molar-refractivity contribution in [2.45, 2.75) is 31.9 Å². The molecular weight excluding hydrogens is 497 g/mol. The lowest BCUT2D eigenvalue weighted by Crippen LogP contribution is -2.14. The lowest BCUT2D eigenvalue weighted by molar-refractivity contribution is -0.137. The van der Waals surface area contributed by atoms with Gasteiger partial charge in [-0.25, -0.2) is 9.97 Å². The molecule has 1 N–H and O–H groups in total. The van der Waals surface area contributed by atoms with Crippen LogP contribution in [0.5, 0.6) is 11.6 Å². The van der Waals surface area contributed by atoms with Gasteiger partial charge in [0, 0.05) is 24.8 Å². The van der Waals surface area contributed by atoms with E-state index in [1.165, 1.54) is 30.6 Å². The molecule has 1 heterocycles. The average molecular weight is 515 g/mol. The number of nitrogens with one attached hydrogen (secondary N) is 1. The summed E-state index contributed by atoms with van der Waals surface area (Å²) in [6.07, 6.45) is -2.04. The van der Waals surface area contributed by atoms with Crippen LogP contribution >= 0.6 is 11.6 Å². The fourth-order valence-corrected chi connectivity index (χ4v) is 3.66. The van der Waals surface area contributed by atoms with E-state index >= 15 is 0 Å². The van der Waals surface area contributed by atoms with Gasteiger partial charge in [-0.3, -0.25) is 9.59 Å². The first-order valence-corrected chi connectivity index (χ1v) is 11.2. The van der Waals surface area contributed by atoms with Gasteiger partial charge in [0.25, 0.3) is 0 Å². The first-order chi connectivity index (χ1) is 17.1. The second-order valence-corrected chi connectivity index (χ2v) is 8.66. The van der Waals surface area contributed by atoms with Crippen LogP contribution in [0.3, 0.4) is 0 Å². The van der Waals surface area contributed by atoms with Gasteiger partial charge < -0.3 is 10.1 Å². The van der Waals surface area contributed by atoms with E-state index < -0.39 is 16.8 Å². The van der Waals surface area contributed by atoms with Gasteiger partial charge in [0.1, 0.15) is 29.7 Å². The Balaban J connectivity index is 1.43. The molecule has 11 heteroatoms. The van der Waals surface area contributed by atoms with Crippen LogP contribution in [0.1, 0.15) is 35.1 Å². The van der Waals surface area contributed by atoms with Crippen LogP contribution in [0.15, 0.2) is 48.8 Å². The minimum atomic E-state index is -4.62. The molecule has 3 aromatic rings. The van der Waals surface area contributed by atoms with E-state index in [4.69, 9.17) is 16.3 Å². The van der Waals surface area contributed by atoms with Gasteiger partial charge in [0.15, 0.2) is 0 Å². The third kappa shape index (κ3) is 6.37. The molecule has 0 saturated heterocycles. The summed E-state index contributed by atoms with van der Waals surface area (Å²) < 4.78 is 44.9. The van der Waals surface area contributed by atoms with Gasteiger partial charge in [0.05, 0.1) is 16.1 Å². The number of hydrogen-bond donors (Lipinski definition) is 1. The van der Waals surface area contributed by atoms with E-state index in [2.05, 4.69) is 15.3 Å². The highest BCUT2D eigenvalue weighted by atomic mass is 35.5. The number of Topliss-reactive ketones (excluding diaryl/α,β-unsaturated/α-hetero) is 1. The molecule has 2 aromatic carbocycles. The Bertz CT molecular complexity index is 1370. The maximum absolute atomic E-state index is 13.1. The van der Waals surface area contributed by atoms with Crippen LogP contribution in [0.4, 0.5) is 19.0 Å². The predicted molar refractivity (Wildman–Crippen MR) is 123 cm³/mol. The maximum atomic E-state index is 13.1. The number of benzene rings is 2. The number of ketones is 1. The summed E-state index contributed by atoms with van der Waals surface area (Å²) >= 11 is 5.63. The van der Waals surface area contributed by atoms with Crippen LogP contribution in [-0.4, -0.2) is 21.7 Å². The van der Waals surface area contributed by atoms with Crippen molar-refractivity contribution in [1.29, 1.82) is 5.26 Å². The molecule has 7 nitrogen and oxygen atoms in total. The van der Waals surface area contributed by atoms with Crippen LogP contribution < -0.4 is 10.1 Å². The number of nitrogens with zero attached hydrogens (tertiary/aromatic N) is 3. The van der Waals surface area contributed by atoms with Crippen molar-refractivity contribution < 1.29 is 27.5 Å². The molecule has 0 bridgehead atoms. The van der Waals surface area contributed by atoms with Gasteiger partial charge in [-0.05, 0) is 48.2 Å². The molecule has 1 amide bonds. The summed E-state index contributed by atoms with van der Waals surface area (Å²) in [4.78, 5) is 32.4. The van der Waals surface area contributed by atoms with Crippen LogP contribution in [0.2, 0.25) is 5.02 Å². The number of halogens is 4. The Labute approximate surface area is 208 Å². The van der Waals surface area contributed by atoms with E-state index in [1.807, 2.05) is 6.07 Å². The number of carbonyl (C=O) groups is 2. The maximum Gasteiger partial charge on any atom is 0.417 e. The lowest BCUT2D eigenvalue weighted by atomic mass is 10.00. The number of anilines is 1. The van der Waals surface area contributed by atoms with Crippen molar-refractivity contribution in [2.75, 3.05) is 5.32 Å². The van der Waals surface area contributed by atoms with Crippen LogP contribution in [0, 0.1) is 17.2 Å². The fourth-order valence-electron chi connectivity index (χ4n) is 3.43. The molecule has 1 aromatic heterocycles. The topological polar surface area (TPSA) is 105 Å². The largest absolute Gasteiger partial charge is 0.437 e. The number of alkyl halides is 3. The molecule has 0 aliphatic heterocycles. The highest BCUT2D eigenvalue weighted by Gasteiger charge is 2.33. The third-order valence-electron chi connectivity index (χ3n) is 5.36. The summed E-state index contributed by atoms with van der Waals surface area (Å²) in [5.41, 5.74) is -0.185. The number of nitriles is 1. The second kappa shape index (κ2) is 10.3. The Hall–Kier alpha value is -3.97.